The van der Waals surface area contributed by atoms with Gasteiger partial charge in [0.2, 0.25) is 0 Å². The summed E-state index contributed by atoms with van der Waals surface area (Å²) in [5.74, 6) is 0. The van der Waals surface area contributed by atoms with Crippen LogP contribution in [-0.2, 0) is 6.54 Å². The fraction of sp³-hybridized carbons (Fsp3) is 0.250. The molecule has 0 spiro atoms. The van der Waals surface area contributed by atoms with Crippen molar-refractivity contribution in [3.05, 3.63) is 74.6 Å². The maximum atomic E-state index is 11.8. The third-order valence-corrected chi connectivity index (χ3v) is 5.41. The molecule has 4 nitrogen and oxygen atoms in total. The second kappa shape index (κ2) is 7.31. The Morgan fingerprint density at radius 3 is 2.88 bits per heavy atom. The van der Waals surface area contributed by atoms with Crippen molar-refractivity contribution in [3.8, 4) is 0 Å². The third kappa shape index (κ3) is 3.73. The molecule has 0 amide bonds. The van der Waals surface area contributed by atoms with Gasteiger partial charge in [0.15, 0.2) is 0 Å². The normalized spacial score (nSPS) is 17.7. The summed E-state index contributed by atoms with van der Waals surface area (Å²) < 4.78 is 0. The number of hydrogen-bond donors (Lipinski definition) is 2. The summed E-state index contributed by atoms with van der Waals surface area (Å²) in [6, 6.07) is 13.8. The van der Waals surface area contributed by atoms with E-state index < -0.39 is 0 Å². The zero-order chi connectivity index (χ0) is 18.1. The SMILES string of the molecule is O=c1[nH]ccc2cc(NC3CCN(Cc4ccc(Cl)cc4Cl)C3)ccc12. The molecule has 6 heteroatoms. The van der Waals surface area contributed by atoms with Gasteiger partial charge in [-0.3, -0.25) is 9.69 Å². The van der Waals surface area contributed by atoms with Crippen LogP contribution in [0.5, 0.6) is 0 Å². The molecule has 1 saturated heterocycles. The van der Waals surface area contributed by atoms with Crippen molar-refractivity contribution in [1.82, 2.24) is 9.88 Å². The number of benzene rings is 2. The van der Waals surface area contributed by atoms with Crippen LogP contribution < -0.4 is 10.9 Å². The van der Waals surface area contributed by atoms with E-state index in [1.807, 2.05) is 36.4 Å². The predicted octanol–water partition coefficient (Wildman–Crippen LogP) is 4.52. The van der Waals surface area contributed by atoms with Gasteiger partial charge in [0.25, 0.3) is 5.56 Å². The van der Waals surface area contributed by atoms with Crippen LogP contribution in [0.1, 0.15) is 12.0 Å². The van der Waals surface area contributed by atoms with Crippen molar-refractivity contribution in [2.75, 3.05) is 18.4 Å². The lowest BCUT2D eigenvalue weighted by Gasteiger charge is -2.18. The summed E-state index contributed by atoms with van der Waals surface area (Å²) >= 11 is 12.3. The Labute approximate surface area is 161 Å². The van der Waals surface area contributed by atoms with E-state index in [1.165, 1.54) is 0 Å². The third-order valence-electron chi connectivity index (χ3n) is 4.83. The van der Waals surface area contributed by atoms with Gasteiger partial charge < -0.3 is 10.3 Å². The molecule has 134 valence electrons. The van der Waals surface area contributed by atoms with E-state index in [4.69, 9.17) is 23.2 Å². The first kappa shape index (κ1) is 17.4. The molecule has 4 rings (SSSR count). The summed E-state index contributed by atoms with van der Waals surface area (Å²) in [4.78, 5) is 16.9. The molecule has 1 atom stereocenters. The van der Waals surface area contributed by atoms with Gasteiger partial charge in [0.1, 0.15) is 0 Å². The van der Waals surface area contributed by atoms with Crippen molar-refractivity contribution in [3.63, 3.8) is 0 Å². The van der Waals surface area contributed by atoms with E-state index in [0.717, 1.165) is 42.7 Å². The highest BCUT2D eigenvalue weighted by Crippen LogP contribution is 2.25. The standard InChI is InChI=1S/C20H19Cl2N3O/c21-15-2-1-14(19(22)10-15)11-25-8-6-17(12-25)24-16-3-4-18-13(9-16)5-7-23-20(18)26/h1-5,7,9-10,17,24H,6,8,11-12H2,(H,23,26). The molecule has 0 saturated carbocycles. The van der Waals surface area contributed by atoms with Gasteiger partial charge in [-0.1, -0.05) is 29.3 Å². The minimum atomic E-state index is -0.0547. The van der Waals surface area contributed by atoms with Gasteiger partial charge in [0, 0.05) is 53.0 Å². The molecule has 26 heavy (non-hydrogen) atoms. The van der Waals surface area contributed by atoms with Gasteiger partial charge in [-0.25, -0.2) is 0 Å². The topological polar surface area (TPSA) is 48.1 Å². The lowest BCUT2D eigenvalue weighted by atomic mass is 10.1. The van der Waals surface area contributed by atoms with Gasteiger partial charge in [-0.15, -0.1) is 0 Å². The van der Waals surface area contributed by atoms with Gasteiger partial charge in [0.05, 0.1) is 0 Å². The minimum absolute atomic E-state index is 0.0547. The smallest absolute Gasteiger partial charge is 0.255 e. The molecule has 0 radical (unpaired) electrons. The quantitative estimate of drug-likeness (QED) is 0.691. The fourth-order valence-corrected chi connectivity index (χ4v) is 3.97. The molecule has 1 fully saturated rings. The Hall–Kier alpha value is -2.01. The van der Waals surface area contributed by atoms with Crippen LogP contribution in [0.4, 0.5) is 5.69 Å². The molecule has 1 aliphatic rings. The van der Waals surface area contributed by atoms with Crippen LogP contribution in [0.3, 0.4) is 0 Å². The predicted molar refractivity (Wildman–Crippen MR) is 108 cm³/mol. The first-order valence-electron chi connectivity index (χ1n) is 8.63. The van der Waals surface area contributed by atoms with Crippen molar-refractivity contribution in [2.45, 2.75) is 19.0 Å². The highest BCUT2D eigenvalue weighted by atomic mass is 35.5. The van der Waals surface area contributed by atoms with Crippen LogP contribution in [0.15, 0.2) is 53.5 Å². The number of halogens is 2. The Balaban J connectivity index is 1.42. The Kier molecular flexibility index (Phi) is 4.90. The molecule has 2 heterocycles. The van der Waals surface area contributed by atoms with Gasteiger partial charge in [-0.2, -0.15) is 0 Å². The molecule has 1 aliphatic heterocycles. The first-order chi connectivity index (χ1) is 12.6. The summed E-state index contributed by atoms with van der Waals surface area (Å²) in [6.07, 6.45) is 2.75. The Bertz CT molecular complexity index is 1000. The lowest BCUT2D eigenvalue weighted by molar-refractivity contribution is 0.329. The number of aromatic amines is 1. The number of anilines is 1. The van der Waals surface area contributed by atoms with Gasteiger partial charge in [-0.05, 0) is 53.8 Å². The van der Waals surface area contributed by atoms with Crippen molar-refractivity contribution < 1.29 is 0 Å². The number of aromatic nitrogens is 1. The van der Waals surface area contributed by atoms with Gasteiger partial charge >= 0.3 is 0 Å². The number of nitrogens with one attached hydrogen (secondary N) is 2. The molecule has 3 aromatic rings. The van der Waals surface area contributed by atoms with Crippen LogP contribution >= 0.6 is 23.2 Å². The molecular formula is C20H19Cl2N3O. The Morgan fingerprint density at radius 1 is 1.15 bits per heavy atom. The van der Waals surface area contributed by atoms with E-state index in [9.17, 15) is 4.79 Å². The highest BCUT2D eigenvalue weighted by Gasteiger charge is 2.23. The summed E-state index contributed by atoms with van der Waals surface area (Å²) in [5, 5.41) is 6.62. The molecule has 0 aliphatic carbocycles. The molecule has 0 bridgehead atoms. The average Bonchev–Trinajstić information content (AvgIpc) is 3.04. The first-order valence-corrected chi connectivity index (χ1v) is 9.38. The number of nitrogens with zero attached hydrogens (tertiary/aromatic N) is 1. The molecule has 2 N–H and O–H groups in total. The van der Waals surface area contributed by atoms with Crippen LogP contribution in [0, 0.1) is 0 Å². The van der Waals surface area contributed by atoms with Crippen LogP contribution in [-0.4, -0.2) is 29.0 Å². The zero-order valence-electron chi connectivity index (χ0n) is 14.1. The minimum Gasteiger partial charge on any atom is -0.381 e. The zero-order valence-corrected chi connectivity index (χ0v) is 15.6. The second-order valence-corrected chi connectivity index (χ2v) is 7.55. The van der Waals surface area contributed by atoms with E-state index in [1.54, 1.807) is 12.3 Å². The van der Waals surface area contributed by atoms with Crippen LogP contribution in [0.25, 0.3) is 10.8 Å². The van der Waals surface area contributed by atoms with E-state index in [-0.39, 0.29) is 5.56 Å². The number of H-pyrrole nitrogens is 1. The molecular weight excluding hydrogens is 369 g/mol. The summed E-state index contributed by atoms with van der Waals surface area (Å²) in [7, 11) is 0. The molecule has 2 aromatic carbocycles. The number of fused-ring (bicyclic) bond motifs is 1. The highest BCUT2D eigenvalue weighted by molar-refractivity contribution is 6.35. The van der Waals surface area contributed by atoms with Crippen molar-refractivity contribution in [1.29, 1.82) is 0 Å². The monoisotopic (exact) mass is 387 g/mol. The maximum absolute atomic E-state index is 11.8. The molecule has 1 unspecified atom stereocenters. The lowest BCUT2D eigenvalue weighted by Crippen LogP contribution is -2.26. The fourth-order valence-electron chi connectivity index (χ4n) is 3.50. The number of likely N-dealkylation sites (tertiary alicyclic amines) is 1. The van der Waals surface area contributed by atoms with Crippen molar-refractivity contribution in [2.24, 2.45) is 0 Å². The van der Waals surface area contributed by atoms with E-state index in [2.05, 4.69) is 15.2 Å². The van der Waals surface area contributed by atoms with Crippen LogP contribution in [0.2, 0.25) is 10.0 Å². The number of pyridine rings is 1. The van der Waals surface area contributed by atoms with Crippen molar-refractivity contribution >= 4 is 39.7 Å². The number of rotatable bonds is 4. The Morgan fingerprint density at radius 2 is 2.04 bits per heavy atom. The second-order valence-electron chi connectivity index (χ2n) is 6.71. The van der Waals surface area contributed by atoms with E-state index in [0.29, 0.717) is 21.5 Å². The molecule has 1 aromatic heterocycles. The average molecular weight is 388 g/mol. The van der Waals surface area contributed by atoms with E-state index >= 15 is 0 Å². The largest absolute Gasteiger partial charge is 0.381 e. The summed E-state index contributed by atoms with van der Waals surface area (Å²) in [6.45, 7) is 2.79. The maximum Gasteiger partial charge on any atom is 0.255 e. The summed E-state index contributed by atoms with van der Waals surface area (Å²) in [5.41, 5.74) is 2.09. The number of hydrogen-bond acceptors (Lipinski definition) is 3.